The summed E-state index contributed by atoms with van der Waals surface area (Å²) in [6, 6.07) is 34.7. The van der Waals surface area contributed by atoms with Gasteiger partial charge in [-0.05, 0) is 206 Å². The number of fused-ring (bicyclic) bond motifs is 5. The molecule has 11 aliphatic rings. The molecule has 2 spiro atoms. The molecule has 0 aromatic heterocycles. The first-order chi connectivity index (χ1) is 40.2. The van der Waals surface area contributed by atoms with E-state index in [4.69, 9.17) is 9.47 Å². The molecule has 4 aromatic rings. The predicted molar refractivity (Wildman–Crippen MR) is 325 cm³/mol. The van der Waals surface area contributed by atoms with Gasteiger partial charge in [0.15, 0.2) is 0 Å². The van der Waals surface area contributed by atoms with Crippen LogP contribution in [0.25, 0.3) is 10.8 Å². The zero-order chi connectivity index (χ0) is 56.7. The molecule has 6 saturated carbocycles. The molecule has 2 aliphatic heterocycles. The number of hydrogen-bond donors (Lipinski definition) is 3. The van der Waals surface area contributed by atoms with Gasteiger partial charge in [0.1, 0.15) is 18.3 Å². The number of ether oxygens (including phenoxy) is 2. The summed E-state index contributed by atoms with van der Waals surface area (Å²) in [5.41, 5.74) is 1.99. The van der Waals surface area contributed by atoms with Crippen LogP contribution < -0.4 is 0 Å². The van der Waals surface area contributed by atoms with Gasteiger partial charge in [0.05, 0.1) is 29.0 Å². The second kappa shape index (κ2) is 20.0. The number of aryl methyl sites for hydroxylation is 1. The quantitative estimate of drug-likeness (QED) is 0.0779. The van der Waals surface area contributed by atoms with Crippen LogP contribution in [0.15, 0.2) is 115 Å². The Morgan fingerprint density at radius 2 is 1.54 bits per heavy atom. The van der Waals surface area contributed by atoms with Gasteiger partial charge in [-0.2, -0.15) is 0 Å². The standard InChI is InChI=1S/C76H90O7/c1-48(16-14-19-49-17-6-4-7-18-49)42-56-29-27-51-20-10-11-24-57(51)69(79)83-62-46-70(2)40-41-74(56,80)76(75(70,81)39-31-50-43-64(78)82-47-50)63(77)34-36-71(3,68(62)76)55-33-38-72-37-32-53-45-73(54-22-8-5-9-23-54)35-13-12-26-60(73)59-30-28-52-21-15-25-58(61(72)44-55)65(52)66(59)67(53)72/h4-9,15,17-18,21-23,25,28,30,40-41,43,48,51,53,55-57,60-63,67-68,77,80-81H,10-14,16,19-20,24,26,31-39,42,44-47H2,1-3H3. The number of carbonyl (C=O) groups is 2. The highest BCUT2D eigenvalue weighted by molar-refractivity contribution is 5.93. The second-order valence-corrected chi connectivity index (χ2v) is 30.1. The van der Waals surface area contributed by atoms with Crippen molar-refractivity contribution in [3.05, 3.63) is 143 Å². The fourth-order valence-electron chi connectivity index (χ4n) is 23.0. The highest BCUT2D eigenvalue weighted by atomic mass is 16.5. The minimum Gasteiger partial charge on any atom is -0.462 e. The molecule has 2 heterocycles. The Morgan fingerprint density at radius 1 is 0.747 bits per heavy atom. The Balaban J connectivity index is 0.883. The lowest BCUT2D eigenvalue weighted by Crippen LogP contribution is -2.84. The van der Waals surface area contributed by atoms with Gasteiger partial charge in [0.2, 0.25) is 0 Å². The Hall–Kier alpha value is -5.00. The van der Waals surface area contributed by atoms with Crippen LogP contribution in [0.4, 0.5) is 0 Å². The third-order valence-corrected chi connectivity index (χ3v) is 26.6. The molecule has 4 aromatic carbocycles. The van der Waals surface area contributed by atoms with Gasteiger partial charge in [-0.3, -0.25) is 4.79 Å². The molecule has 3 N–H and O–H groups in total. The fourth-order valence-corrected chi connectivity index (χ4v) is 23.0. The Bertz CT molecular complexity index is 3330. The minimum atomic E-state index is -1.82. The van der Waals surface area contributed by atoms with Gasteiger partial charge in [-0.1, -0.05) is 168 Å². The largest absolute Gasteiger partial charge is 0.462 e. The summed E-state index contributed by atoms with van der Waals surface area (Å²) in [7, 11) is 0. The molecule has 0 saturated heterocycles. The van der Waals surface area contributed by atoms with Crippen LogP contribution in [0.5, 0.6) is 0 Å². The van der Waals surface area contributed by atoms with Gasteiger partial charge in [-0.15, -0.1) is 0 Å². The molecular formula is C76H90O7. The fraction of sp³-hybridized carbons (Fsp3) is 0.605. The molecule has 19 atom stereocenters. The summed E-state index contributed by atoms with van der Waals surface area (Å²) in [6.45, 7) is 7.02. The molecule has 436 valence electrons. The maximum atomic E-state index is 15.5. The Labute approximate surface area is 493 Å². The number of aliphatic hydroxyl groups is 3. The van der Waals surface area contributed by atoms with E-state index in [1.165, 1.54) is 66.8 Å². The Kier molecular flexibility index (Phi) is 13.2. The summed E-state index contributed by atoms with van der Waals surface area (Å²) < 4.78 is 12.9. The molecule has 83 heavy (non-hydrogen) atoms. The number of cyclic esters (lactones) is 1. The average Bonchev–Trinajstić information content (AvgIpc) is 2.19. The maximum Gasteiger partial charge on any atom is 0.331 e. The van der Waals surface area contributed by atoms with Crippen molar-refractivity contribution in [3.8, 4) is 11.8 Å². The van der Waals surface area contributed by atoms with Gasteiger partial charge >= 0.3 is 11.9 Å². The molecule has 0 radical (unpaired) electrons. The number of hydrogen-bond acceptors (Lipinski definition) is 7. The summed E-state index contributed by atoms with van der Waals surface area (Å²) in [5.74, 6) is 7.29. The highest BCUT2D eigenvalue weighted by Gasteiger charge is 2.83. The third kappa shape index (κ3) is 7.84. The van der Waals surface area contributed by atoms with E-state index in [1.807, 2.05) is 6.08 Å². The summed E-state index contributed by atoms with van der Waals surface area (Å²) in [4.78, 5) is 28.2. The third-order valence-electron chi connectivity index (χ3n) is 26.6. The van der Waals surface area contributed by atoms with Crippen LogP contribution >= 0.6 is 0 Å². The first-order valence-corrected chi connectivity index (χ1v) is 33.2. The van der Waals surface area contributed by atoms with Gasteiger partial charge in [0, 0.05) is 28.7 Å². The van der Waals surface area contributed by atoms with Crippen molar-refractivity contribution in [3.63, 3.8) is 0 Å². The van der Waals surface area contributed by atoms with Crippen LogP contribution in [0, 0.1) is 74.9 Å². The molecule has 0 amide bonds. The van der Waals surface area contributed by atoms with Gasteiger partial charge in [-0.25, -0.2) is 4.79 Å². The molecule has 15 rings (SSSR count). The molecule has 19 unspecified atom stereocenters. The van der Waals surface area contributed by atoms with E-state index in [0.717, 1.165) is 69.8 Å². The number of carbonyl (C=O) groups excluding carboxylic acids is 2. The van der Waals surface area contributed by atoms with Gasteiger partial charge < -0.3 is 24.8 Å². The number of aliphatic hydroxyl groups excluding tert-OH is 1. The van der Waals surface area contributed by atoms with E-state index >= 15 is 9.90 Å². The first-order valence-electron chi connectivity index (χ1n) is 33.2. The van der Waals surface area contributed by atoms with E-state index < -0.39 is 51.5 Å². The Morgan fingerprint density at radius 3 is 2.36 bits per heavy atom. The smallest absolute Gasteiger partial charge is 0.331 e. The average molecular weight is 1120 g/mol. The predicted octanol–water partition coefficient (Wildman–Crippen LogP) is 15.1. The van der Waals surface area contributed by atoms with E-state index in [-0.39, 0.29) is 59.5 Å². The van der Waals surface area contributed by atoms with Gasteiger partial charge in [0.25, 0.3) is 0 Å². The number of rotatable bonds is 11. The monoisotopic (exact) mass is 1110 g/mol. The minimum absolute atomic E-state index is 0.0960. The molecular weight excluding hydrogens is 1020 g/mol. The van der Waals surface area contributed by atoms with E-state index in [1.54, 1.807) is 22.8 Å². The molecule has 7 nitrogen and oxygen atoms in total. The zero-order valence-electron chi connectivity index (χ0n) is 49.8. The molecule has 3 bridgehead atoms. The van der Waals surface area contributed by atoms with E-state index in [0.29, 0.717) is 55.8 Å². The van der Waals surface area contributed by atoms with Crippen LogP contribution in [0.1, 0.15) is 208 Å². The lowest BCUT2D eigenvalue weighted by molar-refractivity contribution is -0.367. The normalized spacial score (nSPS) is 42.9. The summed E-state index contributed by atoms with van der Waals surface area (Å²) >= 11 is 0. The van der Waals surface area contributed by atoms with Crippen LogP contribution in [0.2, 0.25) is 0 Å². The van der Waals surface area contributed by atoms with E-state index in [9.17, 15) is 15.0 Å². The number of benzene rings is 4. The lowest BCUT2D eigenvalue weighted by Gasteiger charge is -2.76. The van der Waals surface area contributed by atoms with Crippen molar-refractivity contribution in [2.24, 2.45) is 63.1 Å². The summed E-state index contributed by atoms with van der Waals surface area (Å²) in [5, 5.41) is 46.8. The van der Waals surface area contributed by atoms with Crippen molar-refractivity contribution in [2.45, 2.75) is 215 Å². The lowest BCUT2D eigenvalue weighted by atomic mass is 9.30. The van der Waals surface area contributed by atoms with Crippen LogP contribution in [-0.4, -0.2) is 57.3 Å². The van der Waals surface area contributed by atoms with Crippen molar-refractivity contribution >= 4 is 22.7 Å². The zero-order valence-corrected chi connectivity index (χ0v) is 49.8. The topological polar surface area (TPSA) is 113 Å². The van der Waals surface area contributed by atoms with Crippen LogP contribution in [-0.2, 0) is 30.9 Å². The highest BCUT2D eigenvalue weighted by Crippen LogP contribution is 2.79. The first kappa shape index (κ1) is 54.6. The van der Waals surface area contributed by atoms with Crippen LogP contribution in [0.3, 0.4) is 0 Å². The molecule has 7 heteroatoms. The summed E-state index contributed by atoms with van der Waals surface area (Å²) in [6.07, 6.45) is 24.6. The van der Waals surface area contributed by atoms with E-state index in [2.05, 4.69) is 130 Å². The van der Waals surface area contributed by atoms with Crippen molar-refractivity contribution in [1.82, 2.24) is 0 Å². The SMILES string of the molecule is CC(CCCc1ccccc1)CC1C#CC2CCCCC2C(=O)OC2CC3(C)C=CC1(O)C1(C(O)CCC(C)(C4CCC56CCC7CC8(c9ccccc9)CCCCC8c8ccc9cccc(c9c8C75)C6C4)C21)C3(O)CCC1=CC(=O)OC1. The van der Waals surface area contributed by atoms with Crippen molar-refractivity contribution in [2.75, 3.05) is 6.61 Å². The molecule has 9 aliphatic carbocycles. The second-order valence-electron chi connectivity index (χ2n) is 30.1. The number of esters is 2. The molecule has 6 fully saturated rings. The van der Waals surface area contributed by atoms with Crippen molar-refractivity contribution < 1.29 is 34.4 Å². The maximum absolute atomic E-state index is 15.5. The van der Waals surface area contributed by atoms with Crippen molar-refractivity contribution in [1.29, 1.82) is 0 Å².